The Kier molecular flexibility index (Phi) is 4.40. The lowest BCUT2D eigenvalue weighted by molar-refractivity contribution is 0.625. The van der Waals surface area contributed by atoms with Crippen LogP contribution in [0.3, 0.4) is 0 Å². The fourth-order valence-corrected chi connectivity index (χ4v) is 3.41. The molecule has 0 atom stereocenters. The van der Waals surface area contributed by atoms with Crippen molar-refractivity contribution >= 4 is 27.9 Å². The van der Waals surface area contributed by atoms with E-state index in [2.05, 4.69) is 30.2 Å². The van der Waals surface area contributed by atoms with Crippen LogP contribution >= 0.6 is 0 Å². The van der Waals surface area contributed by atoms with E-state index in [0.717, 1.165) is 0 Å². The summed E-state index contributed by atoms with van der Waals surface area (Å²) in [5.74, 6) is 0.685. The van der Waals surface area contributed by atoms with Crippen LogP contribution in [0.4, 0.5) is 10.2 Å². The van der Waals surface area contributed by atoms with Gasteiger partial charge in [0.05, 0.1) is 22.9 Å². The van der Waals surface area contributed by atoms with E-state index in [0.29, 0.717) is 52.4 Å². The number of imidazole rings is 1. The molecule has 148 valence electrons. The smallest absolute Gasteiger partial charge is 0.265 e. The molecule has 0 aliphatic rings. The minimum absolute atomic E-state index is 0.238. The van der Waals surface area contributed by atoms with Gasteiger partial charge in [-0.2, -0.15) is 0 Å². The lowest BCUT2D eigenvalue weighted by Crippen LogP contribution is -2.25. The number of nitrogens with zero attached hydrogens (tertiary/aromatic N) is 5. The van der Waals surface area contributed by atoms with E-state index < -0.39 is 5.82 Å². The quantitative estimate of drug-likeness (QED) is 0.470. The van der Waals surface area contributed by atoms with Gasteiger partial charge in [-0.1, -0.05) is 18.2 Å². The maximum absolute atomic E-state index is 13.8. The number of hydrogen-bond donors (Lipinski definition) is 2. The molecule has 0 bridgehead atoms. The average molecular weight is 401 g/mol. The van der Waals surface area contributed by atoms with Gasteiger partial charge in [0.1, 0.15) is 23.5 Å². The molecule has 0 amide bonds. The van der Waals surface area contributed by atoms with Crippen molar-refractivity contribution in [3.8, 4) is 5.69 Å². The van der Waals surface area contributed by atoms with E-state index in [-0.39, 0.29) is 5.56 Å². The molecular weight excluding hydrogens is 385 g/mol. The van der Waals surface area contributed by atoms with E-state index in [1.807, 2.05) is 6.07 Å². The van der Waals surface area contributed by atoms with Gasteiger partial charge in [-0.25, -0.2) is 24.3 Å². The van der Waals surface area contributed by atoms with Crippen LogP contribution in [0.1, 0.15) is 5.82 Å². The summed E-state index contributed by atoms with van der Waals surface area (Å²) in [4.78, 5) is 33.3. The molecule has 3 heterocycles. The number of halogens is 1. The molecule has 8 nitrogen and oxygen atoms in total. The Morgan fingerprint density at radius 2 is 1.97 bits per heavy atom. The van der Waals surface area contributed by atoms with E-state index in [9.17, 15) is 9.18 Å². The number of benzene rings is 2. The standard InChI is InChI=1S/C21H16FN7O/c22-13-4-3-5-14(10-13)29-17(28-16-7-2-1-6-15(16)21(29)30)8-9-23-19-18-20(25-11-24-18)27-12-26-19/h1-7,10-12H,8-9H2,(H2,23,24,25,26,27). The van der Waals surface area contributed by atoms with Gasteiger partial charge < -0.3 is 10.3 Å². The predicted molar refractivity (Wildman–Crippen MR) is 111 cm³/mol. The van der Waals surface area contributed by atoms with E-state index in [4.69, 9.17) is 0 Å². The summed E-state index contributed by atoms with van der Waals surface area (Å²) < 4.78 is 15.3. The number of anilines is 1. The van der Waals surface area contributed by atoms with Crippen LogP contribution in [0.5, 0.6) is 0 Å². The molecule has 0 radical (unpaired) electrons. The van der Waals surface area contributed by atoms with E-state index >= 15 is 0 Å². The molecule has 5 aromatic rings. The van der Waals surface area contributed by atoms with Crippen molar-refractivity contribution < 1.29 is 4.39 Å². The molecule has 2 N–H and O–H groups in total. The first-order valence-electron chi connectivity index (χ1n) is 9.35. The lowest BCUT2D eigenvalue weighted by Gasteiger charge is -2.14. The number of para-hydroxylation sites is 1. The summed E-state index contributed by atoms with van der Waals surface area (Å²) in [6.45, 7) is 0.444. The van der Waals surface area contributed by atoms with Crippen molar-refractivity contribution in [3.05, 3.63) is 83.2 Å². The molecule has 5 rings (SSSR count). The van der Waals surface area contributed by atoms with Gasteiger partial charge in [0.15, 0.2) is 11.5 Å². The Morgan fingerprint density at radius 3 is 2.87 bits per heavy atom. The molecular formula is C21H16FN7O. The third-order valence-corrected chi connectivity index (χ3v) is 4.77. The normalized spacial score (nSPS) is 11.2. The highest BCUT2D eigenvalue weighted by atomic mass is 19.1. The van der Waals surface area contributed by atoms with Crippen molar-refractivity contribution in [2.45, 2.75) is 6.42 Å². The van der Waals surface area contributed by atoms with Crippen LogP contribution in [-0.2, 0) is 6.42 Å². The Hall–Kier alpha value is -4.14. The fraction of sp³-hybridized carbons (Fsp3) is 0.0952. The molecule has 3 aromatic heterocycles. The number of H-pyrrole nitrogens is 1. The zero-order chi connectivity index (χ0) is 20.5. The lowest BCUT2D eigenvalue weighted by atomic mass is 10.2. The van der Waals surface area contributed by atoms with Gasteiger partial charge in [-0.15, -0.1) is 0 Å². The molecule has 0 saturated carbocycles. The Bertz CT molecular complexity index is 1430. The monoisotopic (exact) mass is 401 g/mol. The maximum Gasteiger partial charge on any atom is 0.265 e. The van der Waals surface area contributed by atoms with Gasteiger partial charge in [-0.05, 0) is 30.3 Å². The van der Waals surface area contributed by atoms with E-state index in [1.54, 1.807) is 36.7 Å². The highest BCUT2D eigenvalue weighted by molar-refractivity contribution is 5.82. The summed E-state index contributed by atoms with van der Waals surface area (Å²) in [7, 11) is 0. The zero-order valence-electron chi connectivity index (χ0n) is 15.7. The molecule has 0 fully saturated rings. The molecule has 30 heavy (non-hydrogen) atoms. The minimum atomic E-state index is -0.418. The van der Waals surface area contributed by atoms with Crippen molar-refractivity contribution in [3.63, 3.8) is 0 Å². The second-order valence-electron chi connectivity index (χ2n) is 6.66. The molecule has 0 aliphatic heterocycles. The Balaban J connectivity index is 1.53. The largest absolute Gasteiger partial charge is 0.368 e. The second kappa shape index (κ2) is 7.36. The van der Waals surface area contributed by atoms with Crippen molar-refractivity contribution in [1.82, 2.24) is 29.5 Å². The van der Waals surface area contributed by atoms with Gasteiger partial charge >= 0.3 is 0 Å². The Labute approximate surface area is 169 Å². The van der Waals surface area contributed by atoms with E-state index in [1.165, 1.54) is 23.0 Å². The van der Waals surface area contributed by atoms with Crippen LogP contribution < -0.4 is 10.9 Å². The molecule has 0 aliphatic carbocycles. The Morgan fingerprint density at radius 1 is 1.07 bits per heavy atom. The van der Waals surface area contributed by atoms with Crippen molar-refractivity contribution in [2.75, 3.05) is 11.9 Å². The van der Waals surface area contributed by atoms with Crippen LogP contribution in [-0.4, -0.2) is 36.0 Å². The van der Waals surface area contributed by atoms with Gasteiger partial charge in [0.25, 0.3) is 5.56 Å². The molecule has 2 aromatic carbocycles. The SMILES string of the molecule is O=c1c2ccccc2nc(CCNc2ncnc3[nH]cnc23)n1-c1cccc(F)c1. The summed E-state index contributed by atoms with van der Waals surface area (Å²) in [6, 6.07) is 13.1. The second-order valence-corrected chi connectivity index (χ2v) is 6.66. The molecule has 9 heteroatoms. The van der Waals surface area contributed by atoms with Crippen LogP contribution in [0.15, 0.2) is 66.0 Å². The van der Waals surface area contributed by atoms with Crippen molar-refractivity contribution in [1.29, 1.82) is 0 Å². The summed E-state index contributed by atoms with van der Waals surface area (Å²) >= 11 is 0. The summed E-state index contributed by atoms with van der Waals surface area (Å²) in [6.07, 6.45) is 3.41. The fourth-order valence-electron chi connectivity index (χ4n) is 3.41. The zero-order valence-corrected chi connectivity index (χ0v) is 15.7. The van der Waals surface area contributed by atoms with Crippen LogP contribution in [0.25, 0.3) is 27.8 Å². The summed E-state index contributed by atoms with van der Waals surface area (Å²) in [5.41, 5.74) is 2.06. The highest BCUT2D eigenvalue weighted by Crippen LogP contribution is 2.16. The topological polar surface area (TPSA) is 101 Å². The number of rotatable bonds is 5. The summed E-state index contributed by atoms with van der Waals surface area (Å²) in [5, 5.41) is 3.70. The first kappa shape index (κ1) is 17.9. The average Bonchev–Trinajstić information content (AvgIpc) is 3.24. The third kappa shape index (κ3) is 3.16. The van der Waals surface area contributed by atoms with Gasteiger partial charge in [0.2, 0.25) is 0 Å². The number of aromatic amines is 1. The number of aromatic nitrogens is 6. The van der Waals surface area contributed by atoms with Crippen molar-refractivity contribution in [2.24, 2.45) is 0 Å². The molecule has 0 spiro atoms. The van der Waals surface area contributed by atoms with Crippen LogP contribution in [0.2, 0.25) is 0 Å². The predicted octanol–water partition coefficient (Wildman–Crippen LogP) is 2.85. The number of hydrogen-bond acceptors (Lipinski definition) is 6. The maximum atomic E-state index is 13.8. The first-order chi connectivity index (χ1) is 14.7. The number of nitrogens with one attached hydrogen (secondary N) is 2. The number of fused-ring (bicyclic) bond motifs is 2. The van der Waals surface area contributed by atoms with Crippen LogP contribution in [0, 0.1) is 5.82 Å². The molecule has 0 unspecified atom stereocenters. The first-order valence-corrected chi connectivity index (χ1v) is 9.35. The minimum Gasteiger partial charge on any atom is -0.368 e. The highest BCUT2D eigenvalue weighted by Gasteiger charge is 2.14. The third-order valence-electron chi connectivity index (χ3n) is 4.77. The van der Waals surface area contributed by atoms with Gasteiger partial charge in [-0.3, -0.25) is 9.36 Å². The van der Waals surface area contributed by atoms with Gasteiger partial charge in [0, 0.05) is 13.0 Å². The molecule has 0 saturated heterocycles.